The van der Waals surface area contributed by atoms with E-state index < -0.39 is 11.4 Å². The van der Waals surface area contributed by atoms with Crippen LogP contribution in [0.25, 0.3) is 0 Å². The van der Waals surface area contributed by atoms with E-state index in [1.54, 1.807) is 11.8 Å². The Labute approximate surface area is 103 Å². The third-order valence-corrected chi connectivity index (χ3v) is 3.65. The summed E-state index contributed by atoms with van der Waals surface area (Å²) in [6.07, 6.45) is 3.25. The number of amides is 1. The van der Waals surface area contributed by atoms with Crippen LogP contribution in [0.4, 0.5) is 0 Å². The second-order valence-electron chi connectivity index (χ2n) is 5.53. The third-order valence-electron chi connectivity index (χ3n) is 3.65. The van der Waals surface area contributed by atoms with Crippen molar-refractivity contribution in [1.82, 2.24) is 4.90 Å². The molecule has 1 fully saturated rings. The lowest BCUT2D eigenvalue weighted by Gasteiger charge is -2.21. The fraction of sp³-hybridized carbons (Fsp3) is 0.846. The van der Waals surface area contributed by atoms with Gasteiger partial charge in [0.05, 0.1) is 5.41 Å². The van der Waals surface area contributed by atoms with E-state index in [0.717, 1.165) is 12.8 Å². The van der Waals surface area contributed by atoms with Crippen molar-refractivity contribution in [3.05, 3.63) is 0 Å². The molecule has 0 aromatic carbocycles. The lowest BCUT2D eigenvalue weighted by Crippen LogP contribution is -2.35. The van der Waals surface area contributed by atoms with Gasteiger partial charge in [0.2, 0.25) is 5.91 Å². The number of rotatable bonds is 5. The molecular formula is C13H23NO3. The summed E-state index contributed by atoms with van der Waals surface area (Å²) in [6, 6.07) is 0. The van der Waals surface area contributed by atoms with E-state index in [2.05, 4.69) is 13.8 Å². The highest BCUT2D eigenvalue weighted by atomic mass is 16.4. The summed E-state index contributed by atoms with van der Waals surface area (Å²) in [5.41, 5.74) is -0.746. The summed E-state index contributed by atoms with van der Waals surface area (Å²) >= 11 is 0. The van der Waals surface area contributed by atoms with Crippen molar-refractivity contribution in [3.8, 4) is 0 Å². The standard InChI is InChI=1S/C13H23NO3/c1-4-5-10(2)8-11(15)14-7-6-13(3,9-14)12(16)17/h10H,4-9H2,1-3H3,(H,16,17). The van der Waals surface area contributed by atoms with E-state index in [0.29, 0.717) is 31.8 Å². The van der Waals surface area contributed by atoms with Gasteiger partial charge >= 0.3 is 5.97 Å². The van der Waals surface area contributed by atoms with Gasteiger partial charge in [-0.1, -0.05) is 26.7 Å². The molecular weight excluding hydrogens is 218 g/mol. The Hall–Kier alpha value is -1.06. The molecule has 1 aliphatic rings. The molecule has 1 aliphatic heterocycles. The minimum Gasteiger partial charge on any atom is -0.481 e. The number of carbonyl (C=O) groups excluding carboxylic acids is 1. The monoisotopic (exact) mass is 241 g/mol. The molecule has 4 nitrogen and oxygen atoms in total. The number of hydrogen-bond donors (Lipinski definition) is 1. The number of carboxylic acid groups (broad SMARTS) is 1. The first kappa shape index (κ1) is 14.0. The topological polar surface area (TPSA) is 57.6 Å². The highest BCUT2D eigenvalue weighted by Gasteiger charge is 2.41. The average Bonchev–Trinajstić information content (AvgIpc) is 2.62. The first-order valence-electron chi connectivity index (χ1n) is 6.40. The molecule has 0 saturated carbocycles. The maximum atomic E-state index is 12.0. The molecule has 1 amide bonds. The summed E-state index contributed by atoms with van der Waals surface area (Å²) in [6.45, 7) is 6.85. The van der Waals surface area contributed by atoms with Crippen molar-refractivity contribution in [2.24, 2.45) is 11.3 Å². The molecule has 4 heteroatoms. The Kier molecular flexibility index (Phi) is 4.54. The molecule has 2 unspecified atom stereocenters. The van der Waals surface area contributed by atoms with Gasteiger partial charge in [-0.05, 0) is 19.3 Å². The van der Waals surface area contributed by atoms with Crippen LogP contribution in [0, 0.1) is 11.3 Å². The van der Waals surface area contributed by atoms with Crippen LogP contribution in [0.3, 0.4) is 0 Å². The Bertz CT molecular complexity index is 303. The summed E-state index contributed by atoms with van der Waals surface area (Å²) < 4.78 is 0. The molecule has 0 radical (unpaired) electrons. The normalized spacial score (nSPS) is 25.9. The van der Waals surface area contributed by atoms with E-state index in [1.807, 2.05) is 0 Å². The summed E-state index contributed by atoms with van der Waals surface area (Å²) in [5.74, 6) is -0.297. The number of aliphatic carboxylic acids is 1. The predicted molar refractivity (Wildman–Crippen MR) is 65.6 cm³/mol. The third kappa shape index (κ3) is 3.45. The number of hydrogen-bond acceptors (Lipinski definition) is 2. The maximum Gasteiger partial charge on any atom is 0.311 e. The van der Waals surface area contributed by atoms with Crippen molar-refractivity contribution in [2.75, 3.05) is 13.1 Å². The molecule has 2 atom stereocenters. The largest absolute Gasteiger partial charge is 0.481 e. The second-order valence-corrected chi connectivity index (χ2v) is 5.53. The first-order valence-corrected chi connectivity index (χ1v) is 6.40. The SMILES string of the molecule is CCCC(C)CC(=O)N1CCC(C)(C(=O)O)C1. The molecule has 0 aliphatic carbocycles. The van der Waals surface area contributed by atoms with Gasteiger partial charge in [0.15, 0.2) is 0 Å². The molecule has 0 aromatic rings. The van der Waals surface area contributed by atoms with E-state index in [9.17, 15) is 9.59 Å². The average molecular weight is 241 g/mol. The van der Waals surface area contributed by atoms with E-state index >= 15 is 0 Å². The van der Waals surface area contributed by atoms with Crippen LogP contribution in [-0.2, 0) is 9.59 Å². The predicted octanol–water partition coefficient (Wildman–Crippen LogP) is 2.14. The van der Waals surface area contributed by atoms with Gasteiger partial charge < -0.3 is 10.0 Å². The van der Waals surface area contributed by atoms with Crippen molar-refractivity contribution in [2.45, 2.75) is 46.5 Å². The van der Waals surface area contributed by atoms with E-state index in [1.165, 1.54) is 0 Å². The van der Waals surface area contributed by atoms with Crippen LogP contribution in [0.15, 0.2) is 0 Å². The van der Waals surface area contributed by atoms with Crippen LogP contribution < -0.4 is 0 Å². The van der Waals surface area contributed by atoms with Crippen LogP contribution in [0.5, 0.6) is 0 Å². The zero-order chi connectivity index (χ0) is 13.1. The molecule has 0 bridgehead atoms. The quantitative estimate of drug-likeness (QED) is 0.802. The highest BCUT2D eigenvalue weighted by Crippen LogP contribution is 2.30. The first-order chi connectivity index (χ1) is 7.89. The van der Waals surface area contributed by atoms with Crippen LogP contribution in [0.2, 0.25) is 0 Å². The van der Waals surface area contributed by atoms with Crippen molar-refractivity contribution in [1.29, 1.82) is 0 Å². The zero-order valence-electron chi connectivity index (χ0n) is 11.0. The van der Waals surface area contributed by atoms with E-state index in [-0.39, 0.29) is 5.91 Å². The van der Waals surface area contributed by atoms with Gasteiger partial charge in [-0.2, -0.15) is 0 Å². The van der Waals surface area contributed by atoms with Gasteiger partial charge in [0.1, 0.15) is 0 Å². The zero-order valence-corrected chi connectivity index (χ0v) is 11.0. The Balaban J connectivity index is 2.48. The molecule has 1 saturated heterocycles. The Morgan fingerprint density at radius 1 is 1.47 bits per heavy atom. The fourth-order valence-corrected chi connectivity index (χ4v) is 2.37. The van der Waals surface area contributed by atoms with Crippen molar-refractivity contribution >= 4 is 11.9 Å². The second kappa shape index (κ2) is 5.52. The number of nitrogens with zero attached hydrogens (tertiary/aromatic N) is 1. The molecule has 98 valence electrons. The lowest BCUT2D eigenvalue weighted by atomic mass is 9.90. The number of carboxylic acids is 1. The maximum absolute atomic E-state index is 12.0. The summed E-state index contributed by atoms with van der Waals surface area (Å²) in [4.78, 5) is 24.8. The van der Waals surface area contributed by atoms with Gasteiger partial charge in [0, 0.05) is 19.5 Å². The molecule has 1 rings (SSSR count). The summed E-state index contributed by atoms with van der Waals surface area (Å²) in [5, 5.41) is 9.10. The minimum atomic E-state index is -0.797. The molecule has 17 heavy (non-hydrogen) atoms. The van der Waals surface area contributed by atoms with E-state index in [4.69, 9.17) is 5.11 Å². The molecule has 1 heterocycles. The van der Waals surface area contributed by atoms with Crippen molar-refractivity contribution < 1.29 is 14.7 Å². The van der Waals surface area contributed by atoms with Crippen molar-refractivity contribution in [3.63, 3.8) is 0 Å². The Morgan fingerprint density at radius 3 is 2.59 bits per heavy atom. The lowest BCUT2D eigenvalue weighted by molar-refractivity contribution is -0.147. The fourth-order valence-electron chi connectivity index (χ4n) is 2.37. The smallest absolute Gasteiger partial charge is 0.311 e. The number of likely N-dealkylation sites (tertiary alicyclic amines) is 1. The molecule has 0 spiro atoms. The van der Waals surface area contributed by atoms with Crippen LogP contribution in [0.1, 0.15) is 46.5 Å². The van der Waals surface area contributed by atoms with Gasteiger partial charge in [-0.3, -0.25) is 9.59 Å². The highest BCUT2D eigenvalue weighted by molar-refractivity contribution is 5.80. The summed E-state index contributed by atoms with van der Waals surface area (Å²) in [7, 11) is 0. The van der Waals surface area contributed by atoms with Gasteiger partial charge in [-0.15, -0.1) is 0 Å². The molecule has 0 aromatic heterocycles. The minimum absolute atomic E-state index is 0.107. The van der Waals surface area contributed by atoms with Gasteiger partial charge in [0.25, 0.3) is 0 Å². The number of carbonyl (C=O) groups is 2. The van der Waals surface area contributed by atoms with Gasteiger partial charge in [-0.25, -0.2) is 0 Å². The van der Waals surface area contributed by atoms with Crippen LogP contribution in [-0.4, -0.2) is 35.0 Å². The van der Waals surface area contributed by atoms with Crippen LogP contribution >= 0.6 is 0 Å². The molecule has 1 N–H and O–H groups in total. The Morgan fingerprint density at radius 2 is 2.12 bits per heavy atom.